The summed E-state index contributed by atoms with van der Waals surface area (Å²) in [5, 5.41) is 2.86. The Morgan fingerprint density at radius 3 is 2.75 bits per heavy atom. The van der Waals surface area contributed by atoms with Gasteiger partial charge >= 0.3 is 0 Å². The van der Waals surface area contributed by atoms with Crippen molar-refractivity contribution in [2.75, 3.05) is 6.54 Å². The van der Waals surface area contributed by atoms with Crippen molar-refractivity contribution in [2.45, 2.75) is 18.9 Å². The largest absolute Gasteiger partial charge is 0.354 e. The van der Waals surface area contributed by atoms with Crippen LogP contribution in [0, 0.1) is 0 Å². The van der Waals surface area contributed by atoms with Gasteiger partial charge < -0.3 is 9.88 Å². The van der Waals surface area contributed by atoms with E-state index < -0.39 is 0 Å². The van der Waals surface area contributed by atoms with Crippen molar-refractivity contribution in [1.82, 2.24) is 9.88 Å². The van der Waals surface area contributed by atoms with Crippen LogP contribution in [0.15, 0.2) is 24.5 Å². The minimum absolute atomic E-state index is 0.179. The van der Waals surface area contributed by atoms with Gasteiger partial charge in [0.15, 0.2) is 0 Å². The quantitative estimate of drug-likeness (QED) is 0.658. The molecule has 0 radical (unpaired) electrons. The number of hydrogen-bond donors (Lipinski definition) is 1. The normalized spacial score (nSPS) is 23.7. The van der Waals surface area contributed by atoms with Gasteiger partial charge in [-0.25, -0.2) is 0 Å². The SMILES string of the molecule is O=C1CCC(n2cccc2)CN1. The maximum absolute atomic E-state index is 10.9. The highest BCUT2D eigenvalue weighted by Gasteiger charge is 2.17. The monoisotopic (exact) mass is 164 g/mol. The lowest BCUT2D eigenvalue weighted by Crippen LogP contribution is -2.35. The summed E-state index contributed by atoms with van der Waals surface area (Å²) in [4.78, 5) is 10.9. The van der Waals surface area contributed by atoms with Gasteiger partial charge in [0.05, 0.1) is 6.04 Å². The first-order valence-corrected chi connectivity index (χ1v) is 4.25. The highest BCUT2D eigenvalue weighted by Crippen LogP contribution is 2.16. The number of amides is 1. The predicted molar refractivity (Wildman–Crippen MR) is 45.7 cm³/mol. The minimum Gasteiger partial charge on any atom is -0.354 e. The summed E-state index contributed by atoms with van der Waals surface area (Å²) in [6.07, 6.45) is 5.70. The number of nitrogens with zero attached hydrogens (tertiary/aromatic N) is 1. The Morgan fingerprint density at radius 2 is 2.17 bits per heavy atom. The molecule has 1 aliphatic heterocycles. The van der Waals surface area contributed by atoms with Crippen molar-refractivity contribution in [3.8, 4) is 0 Å². The maximum Gasteiger partial charge on any atom is 0.220 e. The number of nitrogens with one attached hydrogen (secondary N) is 1. The summed E-state index contributed by atoms with van der Waals surface area (Å²) in [6.45, 7) is 0.771. The third-order valence-electron chi connectivity index (χ3n) is 2.29. The topological polar surface area (TPSA) is 34.0 Å². The van der Waals surface area contributed by atoms with Crippen molar-refractivity contribution < 1.29 is 4.79 Å². The van der Waals surface area contributed by atoms with Crippen LogP contribution in [0.2, 0.25) is 0 Å². The van der Waals surface area contributed by atoms with E-state index >= 15 is 0 Å². The second-order valence-electron chi connectivity index (χ2n) is 3.13. The molecule has 12 heavy (non-hydrogen) atoms. The predicted octanol–water partition coefficient (Wildman–Crippen LogP) is 0.939. The average molecular weight is 164 g/mol. The summed E-state index contributed by atoms with van der Waals surface area (Å²) in [5.74, 6) is 0.179. The zero-order chi connectivity index (χ0) is 8.39. The number of aromatic nitrogens is 1. The first-order chi connectivity index (χ1) is 5.86. The Kier molecular flexibility index (Phi) is 1.86. The van der Waals surface area contributed by atoms with Gasteiger partial charge in [0.25, 0.3) is 0 Å². The molecule has 3 heteroatoms. The van der Waals surface area contributed by atoms with E-state index in [-0.39, 0.29) is 5.91 Å². The number of piperidine rings is 1. The van der Waals surface area contributed by atoms with Crippen molar-refractivity contribution in [2.24, 2.45) is 0 Å². The first-order valence-electron chi connectivity index (χ1n) is 4.25. The molecule has 2 heterocycles. The third-order valence-corrected chi connectivity index (χ3v) is 2.29. The van der Waals surface area contributed by atoms with Crippen LogP contribution in [0.4, 0.5) is 0 Å². The maximum atomic E-state index is 10.9. The van der Waals surface area contributed by atoms with Crippen molar-refractivity contribution in [3.63, 3.8) is 0 Å². The number of hydrogen-bond acceptors (Lipinski definition) is 1. The Morgan fingerprint density at radius 1 is 1.42 bits per heavy atom. The summed E-state index contributed by atoms with van der Waals surface area (Å²) >= 11 is 0. The molecule has 64 valence electrons. The summed E-state index contributed by atoms with van der Waals surface area (Å²) in [5.41, 5.74) is 0. The lowest BCUT2D eigenvalue weighted by Gasteiger charge is -2.23. The molecule has 1 aliphatic rings. The molecule has 3 nitrogen and oxygen atoms in total. The second-order valence-corrected chi connectivity index (χ2v) is 3.13. The van der Waals surface area contributed by atoms with Gasteiger partial charge in [0, 0.05) is 25.4 Å². The van der Waals surface area contributed by atoms with Crippen molar-refractivity contribution in [1.29, 1.82) is 0 Å². The van der Waals surface area contributed by atoms with Crippen LogP contribution >= 0.6 is 0 Å². The van der Waals surface area contributed by atoms with E-state index in [2.05, 4.69) is 9.88 Å². The van der Waals surface area contributed by atoms with Gasteiger partial charge in [-0.05, 0) is 18.6 Å². The van der Waals surface area contributed by atoms with Crippen molar-refractivity contribution >= 4 is 5.91 Å². The summed E-state index contributed by atoms with van der Waals surface area (Å²) in [6, 6.07) is 4.48. The summed E-state index contributed by atoms with van der Waals surface area (Å²) in [7, 11) is 0. The Labute approximate surface area is 71.4 Å². The van der Waals surface area contributed by atoms with Crippen LogP contribution in [0.3, 0.4) is 0 Å². The van der Waals surface area contributed by atoms with E-state index in [0.717, 1.165) is 13.0 Å². The first kappa shape index (κ1) is 7.40. The molecule has 0 spiro atoms. The zero-order valence-electron chi connectivity index (χ0n) is 6.86. The molecule has 0 aromatic carbocycles. The van der Waals surface area contributed by atoms with Gasteiger partial charge in [-0.1, -0.05) is 0 Å². The molecule has 2 rings (SSSR count). The van der Waals surface area contributed by atoms with E-state index in [1.807, 2.05) is 24.5 Å². The van der Waals surface area contributed by atoms with E-state index in [0.29, 0.717) is 12.5 Å². The fraction of sp³-hybridized carbons (Fsp3) is 0.444. The molecule has 0 bridgehead atoms. The van der Waals surface area contributed by atoms with E-state index in [1.165, 1.54) is 0 Å². The van der Waals surface area contributed by atoms with Crippen LogP contribution < -0.4 is 5.32 Å². The van der Waals surface area contributed by atoms with Crippen LogP contribution in [-0.4, -0.2) is 17.0 Å². The number of carbonyl (C=O) groups excluding carboxylic acids is 1. The van der Waals surface area contributed by atoms with Crippen molar-refractivity contribution in [3.05, 3.63) is 24.5 Å². The van der Waals surface area contributed by atoms with Gasteiger partial charge in [-0.15, -0.1) is 0 Å². The molecule has 1 N–H and O–H groups in total. The molecule has 0 saturated carbocycles. The number of rotatable bonds is 1. The molecule has 1 atom stereocenters. The molecule has 1 unspecified atom stereocenters. The van der Waals surface area contributed by atoms with E-state index in [9.17, 15) is 4.79 Å². The van der Waals surface area contributed by atoms with Crippen LogP contribution in [-0.2, 0) is 4.79 Å². The highest BCUT2D eigenvalue weighted by atomic mass is 16.1. The van der Waals surface area contributed by atoms with Crippen LogP contribution in [0.5, 0.6) is 0 Å². The van der Waals surface area contributed by atoms with Gasteiger partial charge in [-0.3, -0.25) is 4.79 Å². The smallest absolute Gasteiger partial charge is 0.220 e. The fourth-order valence-electron chi connectivity index (χ4n) is 1.57. The van der Waals surface area contributed by atoms with Crippen LogP contribution in [0.25, 0.3) is 0 Å². The lowest BCUT2D eigenvalue weighted by molar-refractivity contribution is -0.122. The summed E-state index contributed by atoms with van der Waals surface area (Å²) < 4.78 is 2.15. The van der Waals surface area contributed by atoms with E-state index in [4.69, 9.17) is 0 Å². The molecule has 1 fully saturated rings. The van der Waals surface area contributed by atoms with Gasteiger partial charge in [0.1, 0.15) is 0 Å². The highest BCUT2D eigenvalue weighted by molar-refractivity contribution is 5.76. The standard InChI is InChI=1S/C9H12N2O/c12-9-4-3-8(7-10-9)11-5-1-2-6-11/h1-2,5-6,8H,3-4,7H2,(H,10,12). The average Bonchev–Trinajstić information content (AvgIpc) is 2.58. The molecule has 1 amide bonds. The molecule has 1 aromatic rings. The number of carbonyl (C=O) groups is 1. The lowest BCUT2D eigenvalue weighted by atomic mass is 10.1. The molecular weight excluding hydrogens is 152 g/mol. The van der Waals surface area contributed by atoms with Crippen LogP contribution in [0.1, 0.15) is 18.9 Å². The zero-order valence-corrected chi connectivity index (χ0v) is 6.86. The second kappa shape index (κ2) is 3.01. The molecular formula is C9H12N2O. The van der Waals surface area contributed by atoms with Gasteiger partial charge in [-0.2, -0.15) is 0 Å². The Balaban J connectivity index is 2.03. The fourth-order valence-corrected chi connectivity index (χ4v) is 1.57. The molecule has 1 aromatic heterocycles. The minimum atomic E-state index is 0.179. The Hall–Kier alpha value is -1.25. The van der Waals surface area contributed by atoms with Gasteiger partial charge in [0.2, 0.25) is 5.91 Å². The van der Waals surface area contributed by atoms with E-state index in [1.54, 1.807) is 0 Å². The molecule has 1 saturated heterocycles. The molecule has 0 aliphatic carbocycles. The Bertz CT molecular complexity index is 256. The third kappa shape index (κ3) is 1.35.